The largest absolute Gasteiger partial charge is 0.352 e. The molecular weight excluding hydrogens is 414 g/mol. The van der Waals surface area contributed by atoms with Crippen molar-refractivity contribution in [3.63, 3.8) is 0 Å². The number of halogens is 3. The van der Waals surface area contributed by atoms with Crippen LogP contribution >= 0.6 is 23.2 Å². The highest BCUT2D eigenvalue weighted by Gasteiger charge is 2.28. The Morgan fingerprint density at radius 2 is 1.66 bits per heavy atom. The minimum absolute atomic E-state index is 0.0112. The standard InChI is InChI=1S/C22H25Cl2FN2O2/c1-4-14(2)26-22(29)15(3)27(13-18-19(23)6-5-7-20(18)24)21(28)12-16-8-10-17(25)11-9-16/h5-11,14-15H,4,12-13H2,1-3H3,(H,26,29)/t14-,15-/m0/s1. The maximum atomic E-state index is 13.2. The average Bonchev–Trinajstić information content (AvgIpc) is 2.68. The van der Waals surface area contributed by atoms with Gasteiger partial charge in [0, 0.05) is 28.2 Å². The van der Waals surface area contributed by atoms with Crippen molar-refractivity contribution in [3.05, 3.63) is 69.5 Å². The normalized spacial score (nSPS) is 12.9. The van der Waals surface area contributed by atoms with Gasteiger partial charge in [0.2, 0.25) is 11.8 Å². The second-order valence-electron chi connectivity index (χ2n) is 7.02. The van der Waals surface area contributed by atoms with E-state index in [0.717, 1.165) is 6.42 Å². The van der Waals surface area contributed by atoms with Crippen LogP contribution in [-0.2, 0) is 22.6 Å². The molecule has 7 heteroatoms. The van der Waals surface area contributed by atoms with Gasteiger partial charge in [-0.1, -0.05) is 48.3 Å². The molecule has 0 aliphatic carbocycles. The van der Waals surface area contributed by atoms with Gasteiger partial charge >= 0.3 is 0 Å². The third-order valence-corrected chi connectivity index (χ3v) is 5.54. The lowest BCUT2D eigenvalue weighted by atomic mass is 10.1. The first kappa shape index (κ1) is 23.2. The van der Waals surface area contributed by atoms with Crippen molar-refractivity contribution in [2.24, 2.45) is 0 Å². The van der Waals surface area contributed by atoms with Crippen LogP contribution in [0, 0.1) is 5.82 Å². The number of nitrogens with one attached hydrogen (secondary N) is 1. The number of nitrogens with zero attached hydrogens (tertiary/aromatic N) is 1. The fourth-order valence-electron chi connectivity index (χ4n) is 2.78. The van der Waals surface area contributed by atoms with E-state index < -0.39 is 6.04 Å². The Morgan fingerprint density at radius 3 is 2.21 bits per heavy atom. The molecule has 0 bridgehead atoms. The fraction of sp³-hybridized carbons (Fsp3) is 0.364. The maximum Gasteiger partial charge on any atom is 0.242 e. The number of rotatable bonds is 8. The fourth-order valence-corrected chi connectivity index (χ4v) is 3.30. The zero-order valence-corrected chi connectivity index (χ0v) is 18.2. The number of benzene rings is 2. The summed E-state index contributed by atoms with van der Waals surface area (Å²) in [7, 11) is 0. The first-order valence-corrected chi connectivity index (χ1v) is 10.3. The molecular formula is C22H25Cl2FN2O2. The van der Waals surface area contributed by atoms with Crippen LogP contribution in [0.25, 0.3) is 0 Å². The first-order chi connectivity index (χ1) is 13.7. The molecule has 2 atom stereocenters. The molecule has 2 aromatic carbocycles. The van der Waals surface area contributed by atoms with E-state index >= 15 is 0 Å². The SMILES string of the molecule is CC[C@H](C)NC(=O)[C@H](C)N(Cc1c(Cl)cccc1Cl)C(=O)Cc1ccc(F)cc1. The highest BCUT2D eigenvalue weighted by Crippen LogP contribution is 2.27. The van der Waals surface area contributed by atoms with Gasteiger partial charge in [-0.2, -0.15) is 0 Å². The summed E-state index contributed by atoms with van der Waals surface area (Å²) >= 11 is 12.6. The summed E-state index contributed by atoms with van der Waals surface area (Å²) in [6, 6.07) is 10.1. The van der Waals surface area contributed by atoms with E-state index in [1.54, 1.807) is 37.3 Å². The Hall–Kier alpha value is -2.11. The van der Waals surface area contributed by atoms with E-state index in [9.17, 15) is 14.0 Å². The van der Waals surface area contributed by atoms with Crippen molar-refractivity contribution < 1.29 is 14.0 Å². The molecule has 0 spiro atoms. The lowest BCUT2D eigenvalue weighted by Gasteiger charge is -2.30. The Balaban J connectivity index is 2.29. The lowest BCUT2D eigenvalue weighted by Crippen LogP contribution is -2.50. The quantitative estimate of drug-likeness (QED) is 0.629. The molecule has 0 fully saturated rings. The van der Waals surface area contributed by atoms with E-state index in [1.165, 1.54) is 17.0 Å². The second kappa shape index (κ2) is 10.6. The van der Waals surface area contributed by atoms with Crippen LogP contribution in [0.1, 0.15) is 38.3 Å². The maximum absolute atomic E-state index is 13.2. The van der Waals surface area contributed by atoms with Crippen LogP contribution in [0.5, 0.6) is 0 Å². The Labute approximate surface area is 181 Å². The molecule has 0 aliphatic heterocycles. The number of hydrogen-bond donors (Lipinski definition) is 1. The van der Waals surface area contributed by atoms with Gasteiger partial charge in [-0.3, -0.25) is 9.59 Å². The molecule has 2 rings (SSSR count). The van der Waals surface area contributed by atoms with Gasteiger partial charge in [-0.25, -0.2) is 4.39 Å². The molecule has 4 nitrogen and oxygen atoms in total. The summed E-state index contributed by atoms with van der Waals surface area (Å²) < 4.78 is 13.2. The van der Waals surface area contributed by atoms with Crippen molar-refractivity contribution in [2.75, 3.05) is 0 Å². The van der Waals surface area contributed by atoms with Gasteiger partial charge in [0.05, 0.1) is 6.42 Å². The lowest BCUT2D eigenvalue weighted by molar-refractivity contribution is -0.140. The van der Waals surface area contributed by atoms with Crippen molar-refractivity contribution >= 4 is 35.0 Å². The van der Waals surface area contributed by atoms with Crippen molar-refractivity contribution in [1.82, 2.24) is 10.2 Å². The van der Waals surface area contributed by atoms with Crippen LogP contribution in [0.15, 0.2) is 42.5 Å². The topological polar surface area (TPSA) is 49.4 Å². The van der Waals surface area contributed by atoms with Crippen LogP contribution < -0.4 is 5.32 Å². The smallest absolute Gasteiger partial charge is 0.242 e. The zero-order valence-electron chi connectivity index (χ0n) is 16.7. The number of hydrogen-bond acceptors (Lipinski definition) is 2. The van der Waals surface area contributed by atoms with Gasteiger partial charge in [-0.15, -0.1) is 0 Å². The molecule has 0 unspecified atom stereocenters. The van der Waals surface area contributed by atoms with E-state index in [2.05, 4.69) is 5.32 Å². The summed E-state index contributed by atoms with van der Waals surface area (Å²) in [5.41, 5.74) is 1.23. The van der Waals surface area contributed by atoms with Gasteiger partial charge in [0.1, 0.15) is 11.9 Å². The number of amides is 2. The summed E-state index contributed by atoms with van der Waals surface area (Å²) in [4.78, 5) is 27.2. The Kier molecular flexibility index (Phi) is 8.47. The van der Waals surface area contributed by atoms with Crippen molar-refractivity contribution in [2.45, 2.75) is 52.2 Å². The minimum Gasteiger partial charge on any atom is -0.352 e. The van der Waals surface area contributed by atoms with Crippen LogP contribution in [0.4, 0.5) is 4.39 Å². The summed E-state index contributed by atoms with van der Waals surface area (Å²) in [5, 5.41) is 3.75. The number of carbonyl (C=O) groups excluding carboxylic acids is 2. The monoisotopic (exact) mass is 438 g/mol. The van der Waals surface area contributed by atoms with E-state index in [1.807, 2.05) is 13.8 Å². The predicted octanol–water partition coefficient (Wildman–Crippen LogP) is 5.01. The molecule has 1 N–H and O–H groups in total. The summed E-state index contributed by atoms with van der Waals surface area (Å²) in [6.45, 7) is 5.63. The van der Waals surface area contributed by atoms with E-state index in [0.29, 0.717) is 21.2 Å². The molecule has 0 heterocycles. The molecule has 0 aliphatic rings. The molecule has 29 heavy (non-hydrogen) atoms. The zero-order chi connectivity index (χ0) is 21.6. The number of carbonyl (C=O) groups is 2. The Morgan fingerprint density at radius 1 is 1.07 bits per heavy atom. The van der Waals surface area contributed by atoms with Gasteiger partial charge in [-0.05, 0) is 50.1 Å². The molecule has 2 aromatic rings. The molecule has 156 valence electrons. The highest BCUT2D eigenvalue weighted by molar-refractivity contribution is 6.36. The molecule has 0 radical (unpaired) electrons. The minimum atomic E-state index is -0.732. The van der Waals surface area contributed by atoms with Crippen molar-refractivity contribution in [1.29, 1.82) is 0 Å². The van der Waals surface area contributed by atoms with Crippen LogP contribution in [0.2, 0.25) is 10.0 Å². The summed E-state index contributed by atoms with van der Waals surface area (Å²) in [6.07, 6.45) is 0.807. The Bertz CT molecular complexity index is 838. The molecule has 2 amide bonds. The highest BCUT2D eigenvalue weighted by atomic mass is 35.5. The third-order valence-electron chi connectivity index (χ3n) is 4.83. The van der Waals surface area contributed by atoms with E-state index in [-0.39, 0.29) is 36.6 Å². The second-order valence-corrected chi connectivity index (χ2v) is 7.83. The van der Waals surface area contributed by atoms with E-state index in [4.69, 9.17) is 23.2 Å². The molecule has 0 saturated heterocycles. The first-order valence-electron chi connectivity index (χ1n) is 9.50. The van der Waals surface area contributed by atoms with Crippen LogP contribution in [0.3, 0.4) is 0 Å². The van der Waals surface area contributed by atoms with Gasteiger partial charge in [0.25, 0.3) is 0 Å². The average molecular weight is 439 g/mol. The molecule has 0 saturated carbocycles. The summed E-state index contributed by atoms with van der Waals surface area (Å²) in [5.74, 6) is -0.906. The van der Waals surface area contributed by atoms with Gasteiger partial charge < -0.3 is 10.2 Å². The van der Waals surface area contributed by atoms with Gasteiger partial charge in [0.15, 0.2) is 0 Å². The molecule has 0 aromatic heterocycles. The predicted molar refractivity (Wildman–Crippen MR) is 114 cm³/mol. The third kappa shape index (κ3) is 6.44. The van der Waals surface area contributed by atoms with Crippen molar-refractivity contribution in [3.8, 4) is 0 Å². The van der Waals surface area contributed by atoms with Crippen LogP contribution in [-0.4, -0.2) is 28.8 Å².